The molecule has 0 radical (unpaired) electrons. The average Bonchev–Trinajstić information content (AvgIpc) is 2.93. The van der Waals surface area contributed by atoms with Crippen molar-refractivity contribution in [3.63, 3.8) is 0 Å². The first kappa shape index (κ1) is 18.2. The van der Waals surface area contributed by atoms with E-state index >= 15 is 0 Å². The Kier molecular flexibility index (Phi) is 5.07. The lowest BCUT2D eigenvalue weighted by atomic mass is 9.75. The smallest absolute Gasteiger partial charge is 0.410 e. The molecular formula is C20H30N2O3. The van der Waals surface area contributed by atoms with Gasteiger partial charge in [-0.15, -0.1) is 0 Å². The molecule has 2 aliphatic rings. The van der Waals surface area contributed by atoms with Crippen molar-refractivity contribution in [2.75, 3.05) is 26.2 Å². The molecule has 1 aromatic rings. The largest absolute Gasteiger partial charge is 0.444 e. The fourth-order valence-electron chi connectivity index (χ4n) is 3.95. The number of piperidine rings is 1. The highest BCUT2D eigenvalue weighted by atomic mass is 16.6. The minimum Gasteiger partial charge on any atom is -0.444 e. The van der Waals surface area contributed by atoms with E-state index in [4.69, 9.17) is 4.74 Å². The van der Waals surface area contributed by atoms with Gasteiger partial charge in [0.05, 0.1) is 12.6 Å². The topological polar surface area (TPSA) is 53.0 Å². The summed E-state index contributed by atoms with van der Waals surface area (Å²) >= 11 is 0. The normalized spacial score (nSPS) is 27.7. The zero-order valence-corrected chi connectivity index (χ0v) is 15.6. The first-order valence-electron chi connectivity index (χ1n) is 9.20. The molecule has 2 heterocycles. The van der Waals surface area contributed by atoms with Gasteiger partial charge in [0.25, 0.3) is 0 Å². The van der Waals surface area contributed by atoms with E-state index in [-0.39, 0.29) is 11.5 Å². The number of aliphatic hydroxyl groups is 1. The number of aliphatic hydroxyl groups excluding tert-OH is 1. The Balaban J connectivity index is 1.57. The molecule has 1 spiro atoms. The molecule has 0 bridgehead atoms. The number of hydrogen-bond donors (Lipinski definition) is 1. The van der Waals surface area contributed by atoms with Crippen molar-refractivity contribution in [2.24, 2.45) is 5.41 Å². The molecule has 5 nitrogen and oxygen atoms in total. The Morgan fingerprint density at radius 3 is 2.56 bits per heavy atom. The number of amides is 1. The van der Waals surface area contributed by atoms with Crippen molar-refractivity contribution in [3.05, 3.63) is 35.9 Å². The standard InChI is InChI=1S/C20H30N2O3/c1-19(2,3)25-18(24)22-12-10-20(17(23)14-22)9-11-21(15-20)13-16-7-5-4-6-8-16/h4-8,17,23H,9-15H2,1-3H3. The van der Waals surface area contributed by atoms with Crippen LogP contribution in [0.5, 0.6) is 0 Å². The molecule has 0 saturated carbocycles. The summed E-state index contributed by atoms with van der Waals surface area (Å²) in [6.07, 6.45) is 1.01. The molecule has 1 aromatic carbocycles. The average molecular weight is 346 g/mol. The number of rotatable bonds is 2. The highest BCUT2D eigenvalue weighted by Gasteiger charge is 2.47. The Bertz CT molecular complexity index is 599. The van der Waals surface area contributed by atoms with Gasteiger partial charge < -0.3 is 14.7 Å². The second kappa shape index (κ2) is 6.96. The number of β-amino-alcohol motifs (C(OH)–C–C–N with tert-alkyl or cyclic N) is 1. The molecule has 2 atom stereocenters. The maximum atomic E-state index is 12.3. The first-order valence-corrected chi connectivity index (χ1v) is 9.20. The minimum absolute atomic E-state index is 0.0900. The number of carbonyl (C=O) groups excluding carboxylic acids is 1. The van der Waals surface area contributed by atoms with Crippen molar-refractivity contribution in [3.8, 4) is 0 Å². The van der Waals surface area contributed by atoms with Crippen molar-refractivity contribution in [1.82, 2.24) is 9.80 Å². The molecule has 3 rings (SSSR count). The summed E-state index contributed by atoms with van der Waals surface area (Å²) in [7, 11) is 0. The van der Waals surface area contributed by atoms with Gasteiger partial charge in [0.2, 0.25) is 0 Å². The van der Waals surface area contributed by atoms with E-state index in [2.05, 4.69) is 29.2 Å². The van der Waals surface area contributed by atoms with Crippen LogP contribution < -0.4 is 0 Å². The van der Waals surface area contributed by atoms with Crippen LogP contribution in [0.15, 0.2) is 30.3 Å². The van der Waals surface area contributed by atoms with Gasteiger partial charge in [-0.2, -0.15) is 0 Å². The van der Waals surface area contributed by atoms with Crippen molar-refractivity contribution < 1.29 is 14.6 Å². The summed E-state index contributed by atoms with van der Waals surface area (Å²) in [5.41, 5.74) is 0.713. The monoisotopic (exact) mass is 346 g/mol. The second-order valence-corrected chi connectivity index (χ2v) is 8.50. The summed E-state index contributed by atoms with van der Waals surface area (Å²) in [5.74, 6) is 0. The predicted molar refractivity (Wildman–Crippen MR) is 97.2 cm³/mol. The molecule has 0 aliphatic carbocycles. The lowest BCUT2D eigenvalue weighted by molar-refractivity contribution is -0.0494. The molecule has 2 fully saturated rings. The van der Waals surface area contributed by atoms with Gasteiger partial charge >= 0.3 is 6.09 Å². The number of hydrogen-bond acceptors (Lipinski definition) is 4. The molecule has 25 heavy (non-hydrogen) atoms. The first-order chi connectivity index (χ1) is 11.8. The molecular weight excluding hydrogens is 316 g/mol. The molecule has 1 amide bonds. The second-order valence-electron chi connectivity index (χ2n) is 8.50. The molecule has 2 saturated heterocycles. The molecule has 0 aromatic heterocycles. The maximum absolute atomic E-state index is 12.3. The molecule has 2 unspecified atom stereocenters. The van der Waals surface area contributed by atoms with Gasteiger partial charge in [-0.1, -0.05) is 30.3 Å². The lowest BCUT2D eigenvalue weighted by Crippen LogP contribution is -2.54. The third kappa shape index (κ3) is 4.33. The van der Waals surface area contributed by atoms with Gasteiger partial charge in [0.1, 0.15) is 5.60 Å². The fraction of sp³-hybridized carbons (Fsp3) is 0.650. The van der Waals surface area contributed by atoms with E-state index in [1.54, 1.807) is 4.90 Å². The fourth-order valence-corrected chi connectivity index (χ4v) is 3.95. The highest BCUT2D eigenvalue weighted by molar-refractivity contribution is 5.68. The number of carbonyl (C=O) groups is 1. The molecule has 2 aliphatic heterocycles. The van der Waals surface area contributed by atoms with Crippen molar-refractivity contribution in [1.29, 1.82) is 0 Å². The van der Waals surface area contributed by atoms with Gasteiger partial charge in [-0.25, -0.2) is 4.79 Å². The van der Waals surface area contributed by atoms with E-state index in [0.29, 0.717) is 13.1 Å². The highest BCUT2D eigenvalue weighted by Crippen LogP contribution is 2.41. The Labute approximate surface area is 150 Å². The lowest BCUT2D eigenvalue weighted by Gasteiger charge is -2.43. The van der Waals surface area contributed by atoms with Crippen molar-refractivity contribution >= 4 is 6.09 Å². The molecule has 5 heteroatoms. The summed E-state index contributed by atoms with van der Waals surface area (Å²) in [6.45, 7) is 9.44. The van der Waals surface area contributed by atoms with Gasteiger partial charge in [-0.3, -0.25) is 4.90 Å². The third-order valence-electron chi connectivity index (χ3n) is 5.34. The number of benzene rings is 1. The Hall–Kier alpha value is -1.59. The van der Waals surface area contributed by atoms with E-state index in [0.717, 1.165) is 32.5 Å². The summed E-state index contributed by atoms with van der Waals surface area (Å²) in [6, 6.07) is 10.5. The van der Waals surface area contributed by atoms with Gasteiger partial charge in [0, 0.05) is 25.0 Å². The molecule has 1 N–H and O–H groups in total. The van der Waals surface area contributed by atoms with Crippen LogP contribution in [-0.2, 0) is 11.3 Å². The van der Waals surface area contributed by atoms with E-state index in [9.17, 15) is 9.90 Å². The number of likely N-dealkylation sites (tertiary alicyclic amines) is 2. The summed E-state index contributed by atoms with van der Waals surface area (Å²) in [4.78, 5) is 16.3. The van der Waals surface area contributed by atoms with Crippen LogP contribution in [0.25, 0.3) is 0 Å². The van der Waals surface area contributed by atoms with Gasteiger partial charge in [-0.05, 0) is 45.7 Å². The summed E-state index contributed by atoms with van der Waals surface area (Å²) in [5, 5.41) is 10.8. The Morgan fingerprint density at radius 1 is 1.24 bits per heavy atom. The van der Waals surface area contributed by atoms with Crippen LogP contribution >= 0.6 is 0 Å². The predicted octanol–water partition coefficient (Wildman–Crippen LogP) is 2.88. The van der Waals surface area contributed by atoms with Crippen LogP contribution in [0.4, 0.5) is 4.79 Å². The molecule has 138 valence electrons. The quantitative estimate of drug-likeness (QED) is 0.895. The van der Waals surface area contributed by atoms with Crippen LogP contribution in [0, 0.1) is 5.41 Å². The van der Waals surface area contributed by atoms with Crippen molar-refractivity contribution in [2.45, 2.75) is 51.9 Å². The van der Waals surface area contributed by atoms with E-state index in [1.807, 2.05) is 26.8 Å². The number of ether oxygens (including phenoxy) is 1. The van der Waals surface area contributed by atoms with E-state index < -0.39 is 11.7 Å². The Morgan fingerprint density at radius 2 is 1.92 bits per heavy atom. The van der Waals surface area contributed by atoms with Crippen LogP contribution in [-0.4, -0.2) is 58.9 Å². The summed E-state index contributed by atoms with van der Waals surface area (Å²) < 4.78 is 5.44. The zero-order chi connectivity index (χ0) is 18.1. The van der Waals surface area contributed by atoms with Crippen LogP contribution in [0.3, 0.4) is 0 Å². The maximum Gasteiger partial charge on any atom is 0.410 e. The SMILES string of the molecule is CC(C)(C)OC(=O)N1CCC2(CCN(Cc3ccccc3)C2)C(O)C1. The third-order valence-corrected chi connectivity index (χ3v) is 5.34. The number of nitrogens with zero attached hydrogens (tertiary/aromatic N) is 2. The van der Waals surface area contributed by atoms with Crippen LogP contribution in [0.1, 0.15) is 39.2 Å². The van der Waals surface area contributed by atoms with Crippen LogP contribution in [0.2, 0.25) is 0 Å². The van der Waals surface area contributed by atoms with E-state index in [1.165, 1.54) is 5.56 Å². The minimum atomic E-state index is -0.503. The zero-order valence-electron chi connectivity index (χ0n) is 15.6. The van der Waals surface area contributed by atoms with Gasteiger partial charge in [0.15, 0.2) is 0 Å².